The van der Waals surface area contributed by atoms with Crippen LogP contribution in [-0.2, 0) is 6.18 Å². The molecule has 0 radical (unpaired) electrons. The van der Waals surface area contributed by atoms with Crippen molar-refractivity contribution in [3.8, 4) is 28.4 Å². The van der Waals surface area contributed by atoms with Gasteiger partial charge in [-0.05, 0) is 48.0 Å². The van der Waals surface area contributed by atoms with Crippen LogP contribution in [0.4, 0.5) is 13.2 Å². The van der Waals surface area contributed by atoms with Crippen LogP contribution in [0.3, 0.4) is 0 Å². The van der Waals surface area contributed by atoms with Crippen molar-refractivity contribution in [2.75, 3.05) is 14.2 Å². The second kappa shape index (κ2) is 9.34. The Labute approximate surface area is 201 Å². The number of methoxy groups -OCH3 is 2. The Bertz CT molecular complexity index is 1490. The Balaban J connectivity index is 1.84. The predicted octanol–water partition coefficient (Wildman–Crippen LogP) is 6.37. The highest BCUT2D eigenvalue weighted by Gasteiger charge is 2.39. The lowest BCUT2D eigenvalue weighted by Crippen LogP contribution is -2.16. The fraction of sp³-hybridized carbons (Fsp3) is 0.120. The van der Waals surface area contributed by atoms with Gasteiger partial charge in [-0.1, -0.05) is 23.7 Å². The van der Waals surface area contributed by atoms with Gasteiger partial charge in [-0.2, -0.15) is 13.2 Å². The van der Waals surface area contributed by atoms with Gasteiger partial charge in [-0.15, -0.1) is 0 Å². The number of esters is 1. The molecule has 0 saturated carbocycles. The predicted molar refractivity (Wildman–Crippen MR) is 122 cm³/mol. The number of hydrogen-bond donors (Lipinski definition) is 0. The van der Waals surface area contributed by atoms with E-state index in [1.807, 2.05) is 0 Å². The minimum Gasteiger partial charge on any atom is -0.493 e. The molecule has 180 valence electrons. The maximum atomic E-state index is 14.0. The zero-order valence-corrected chi connectivity index (χ0v) is 19.0. The number of alkyl halides is 3. The van der Waals surface area contributed by atoms with Gasteiger partial charge in [0.05, 0.1) is 30.7 Å². The van der Waals surface area contributed by atoms with Gasteiger partial charge in [-0.25, -0.2) is 4.79 Å². The summed E-state index contributed by atoms with van der Waals surface area (Å²) in [6, 6.07) is 13.5. The van der Waals surface area contributed by atoms with Crippen LogP contribution in [0.25, 0.3) is 22.1 Å². The molecule has 0 atom stereocenters. The molecule has 0 saturated heterocycles. The first kappa shape index (κ1) is 24.2. The van der Waals surface area contributed by atoms with E-state index in [9.17, 15) is 22.8 Å². The highest BCUT2D eigenvalue weighted by molar-refractivity contribution is 6.30. The van der Waals surface area contributed by atoms with Crippen LogP contribution in [0.2, 0.25) is 5.02 Å². The van der Waals surface area contributed by atoms with Crippen LogP contribution >= 0.6 is 11.6 Å². The molecule has 0 bridgehead atoms. The van der Waals surface area contributed by atoms with E-state index in [1.165, 1.54) is 56.7 Å². The van der Waals surface area contributed by atoms with Gasteiger partial charge >= 0.3 is 12.1 Å². The third-order valence-corrected chi connectivity index (χ3v) is 5.30. The Morgan fingerprint density at radius 2 is 1.69 bits per heavy atom. The van der Waals surface area contributed by atoms with E-state index in [0.717, 1.165) is 6.07 Å². The summed E-state index contributed by atoms with van der Waals surface area (Å²) < 4.78 is 62.5. The van der Waals surface area contributed by atoms with E-state index in [4.69, 9.17) is 30.2 Å². The second-order valence-electron chi connectivity index (χ2n) is 7.26. The van der Waals surface area contributed by atoms with Crippen molar-refractivity contribution in [3.63, 3.8) is 0 Å². The first-order chi connectivity index (χ1) is 16.6. The summed E-state index contributed by atoms with van der Waals surface area (Å²) in [7, 11) is 2.70. The number of benzene rings is 3. The maximum Gasteiger partial charge on any atom is 0.450 e. The number of ether oxygens (including phenoxy) is 3. The van der Waals surface area contributed by atoms with Crippen LogP contribution in [0, 0.1) is 0 Å². The van der Waals surface area contributed by atoms with Gasteiger partial charge < -0.3 is 18.6 Å². The minimum absolute atomic E-state index is 0.0675. The van der Waals surface area contributed by atoms with Crippen LogP contribution in [0.15, 0.2) is 69.9 Å². The van der Waals surface area contributed by atoms with Crippen molar-refractivity contribution < 1.29 is 36.6 Å². The zero-order valence-electron chi connectivity index (χ0n) is 18.2. The quantitative estimate of drug-likeness (QED) is 0.232. The molecule has 0 amide bonds. The Morgan fingerprint density at radius 3 is 2.34 bits per heavy atom. The molecular formula is C25H16ClF3O6. The maximum absolute atomic E-state index is 14.0. The van der Waals surface area contributed by atoms with E-state index in [-0.39, 0.29) is 33.8 Å². The van der Waals surface area contributed by atoms with Gasteiger partial charge in [0.2, 0.25) is 11.2 Å². The summed E-state index contributed by atoms with van der Waals surface area (Å²) in [6.45, 7) is 0. The van der Waals surface area contributed by atoms with Crippen LogP contribution in [0.1, 0.15) is 16.1 Å². The molecule has 4 aromatic rings. The molecule has 0 spiro atoms. The van der Waals surface area contributed by atoms with E-state index < -0.39 is 34.5 Å². The number of carbonyl (C=O) groups is 1. The number of hydrogen-bond acceptors (Lipinski definition) is 6. The molecule has 1 heterocycles. The smallest absolute Gasteiger partial charge is 0.450 e. The van der Waals surface area contributed by atoms with E-state index >= 15 is 0 Å². The van der Waals surface area contributed by atoms with Crippen molar-refractivity contribution in [3.05, 3.63) is 87.2 Å². The standard InChI is InChI=1S/C25H16ClF3O6/c1-32-18-9-6-13(11-20(18)33-2)21-22(30)17-8-7-16(12-19(17)35-23(21)25(27,28)29)34-24(31)14-4-3-5-15(26)10-14/h3-12H,1-2H3. The molecule has 4 rings (SSSR count). The van der Waals surface area contributed by atoms with Crippen LogP contribution in [0.5, 0.6) is 17.2 Å². The van der Waals surface area contributed by atoms with Crippen molar-refractivity contribution >= 4 is 28.5 Å². The first-order valence-electron chi connectivity index (χ1n) is 10.0. The molecule has 0 unspecified atom stereocenters. The van der Waals surface area contributed by atoms with E-state index in [1.54, 1.807) is 12.1 Å². The van der Waals surface area contributed by atoms with Crippen molar-refractivity contribution in [1.82, 2.24) is 0 Å². The molecule has 0 aliphatic rings. The number of carbonyl (C=O) groups excluding carboxylic acids is 1. The summed E-state index contributed by atoms with van der Waals surface area (Å²) in [5.74, 6) is -1.98. The molecular weight excluding hydrogens is 489 g/mol. The Morgan fingerprint density at radius 1 is 0.943 bits per heavy atom. The molecule has 10 heteroatoms. The molecule has 3 aromatic carbocycles. The van der Waals surface area contributed by atoms with Crippen molar-refractivity contribution in [1.29, 1.82) is 0 Å². The highest BCUT2D eigenvalue weighted by atomic mass is 35.5. The largest absolute Gasteiger partial charge is 0.493 e. The number of fused-ring (bicyclic) bond motifs is 1. The number of rotatable bonds is 5. The lowest BCUT2D eigenvalue weighted by molar-refractivity contribution is -0.152. The van der Waals surface area contributed by atoms with Crippen LogP contribution < -0.4 is 19.6 Å². The molecule has 35 heavy (non-hydrogen) atoms. The van der Waals surface area contributed by atoms with Gasteiger partial charge in [0.25, 0.3) is 0 Å². The average Bonchev–Trinajstić information content (AvgIpc) is 2.82. The van der Waals surface area contributed by atoms with Crippen molar-refractivity contribution in [2.45, 2.75) is 6.18 Å². The molecule has 0 aliphatic heterocycles. The summed E-state index contributed by atoms with van der Waals surface area (Å²) >= 11 is 5.87. The molecule has 1 aromatic heterocycles. The SMILES string of the molecule is COc1ccc(-c2c(C(F)(F)F)oc3cc(OC(=O)c4cccc(Cl)c4)ccc3c2=O)cc1OC. The number of halogens is 4. The summed E-state index contributed by atoms with van der Waals surface area (Å²) in [5.41, 5.74) is -1.93. The third kappa shape index (κ3) is 4.81. The normalized spacial score (nSPS) is 11.4. The van der Waals surface area contributed by atoms with Gasteiger partial charge in [0.15, 0.2) is 11.5 Å². The Kier molecular flexibility index (Phi) is 6.45. The monoisotopic (exact) mass is 504 g/mol. The fourth-order valence-corrected chi connectivity index (χ4v) is 3.66. The molecule has 0 fully saturated rings. The van der Waals surface area contributed by atoms with Gasteiger partial charge in [0, 0.05) is 11.1 Å². The lowest BCUT2D eigenvalue weighted by Gasteiger charge is -2.15. The molecule has 0 aliphatic carbocycles. The molecule has 0 N–H and O–H groups in total. The zero-order chi connectivity index (χ0) is 25.3. The lowest BCUT2D eigenvalue weighted by atomic mass is 10.0. The summed E-state index contributed by atoms with van der Waals surface area (Å²) in [5, 5.41) is 0.173. The first-order valence-corrected chi connectivity index (χ1v) is 10.4. The summed E-state index contributed by atoms with van der Waals surface area (Å²) in [4.78, 5) is 25.6. The average molecular weight is 505 g/mol. The molecule has 6 nitrogen and oxygen atoms in total. The van der Waals surface area contributed by atoms with Gasteiger partial charge in [-0.3, -0.25) is 4.79 Å². The van der Waals surface area contributed by atoms with Crippen molar-refractivity contribution in [2.24, 2.45) is 0 Å². The third-order valence-electron chi connectivity index (χ3n) is 5.06. The van der Waals surface area contributed by atoms with Crippen LogP contribution in [-0.4, -0.2) is 20.2 Å². The highest BCUT2D eigenvalue weighted by Crippen LogP contribution is 2.40. The van der Waals surface area contributed by atoms with E-state index in [0.29, 0.717) is 5.02 Å². The van der Waals surface area contributed by atoms with E-state index in [2.05, 4.69) is 0 Å². The fourth-order valence-electron chi connectivity index (χ4n) is 3.47. The second-order valence-corrected chi connectivity index (χ2v) is 7.70. The minimum atomic E-state index is -5.00. The summed E-state index contributed by atoms with van der Waals surface area (Å²) in [6.07, 6.45) is -5.00. The van der Waals surface area contributed by atoms with Gasteiger partial charge in [0.1, 0.15) is 11.3 Å². The Hall–Kier alpha value is -3.98. The topological polar surface area (TPSA) is 75.0 Å².